The molecule has 0 aliphatic heterocycles. The standard InChI is InChI=1S/C12H18S/c1-11(2)13-10-6-9-12-7-4-3-5-8-12/h3-5,7-8,11H,6,9-10H2,1-2H3. The molecule has 0 aliphatic rings. The van der Waals surface area contributed by atoms with E-state index < -0.39 is 0 Å². The number of benzene rings is 1. The van der Waals surface area contributed by atoms with Gasteiger partial charge in [-0.05, 0) is 29.4 Å². The van der Waals surface area contributed by atoms with Crippen molar-refractivity contribution in [2.45, 2.75) is 31.9 Å². The Kier molecular flexibility index (Phi) is 4.99. The van der Waals surface area contributed by atoms with Crippen LogP contribution in [0.5, 0.6) is 0 Å². The molecule has 1 heteroatoms. The van der Waals surface area contributed by atoms with E-state index >= 15 is 0 Å². The Hall–Kier alpha value is -0.430. The summed E-state index contributed by atoms with van der Waals surface area (Å²) in [6.07, 6.45) is 2.52. The summed E-state index contributed by atoms with van der Waals surface area (Å²) in [4.78, 5) is 0. The summed E-state index contributed by atoms with van der Waals surface area (Å²) >= 11 is 2.05. The van der Waals surface area contributed by atoms with Gasteiger partial charge in [-0.1, -0.05) is 44.2 Å². The molecule has 0 atom stereocenters. The third-order valence-corrected chi connectivity index (χ3v) is 3.09. The number of thioether (sulfide) groups is 1. The second-order valence-electron chi connectivity index (χ2n) is 3.51. The van der Waals surface area contributed by atoms with Crippen molar-refractivity contribution in [3.63, 3.8) is 0 Å². The quantitative estimate of drug-likeness (QED) is 0.643. The summed E-state index contributed by atoms with van der Waals surface area (Å²) in [6.45, 7) is 4.51. The molecule has 1 aromatic carbocycles. The average molecular weight is 194 g/mol. The molecule has 0 nitrogen and oxygen atoms in total. The van der Waals surface area contributed by atoms with Crippen LogP contribution in [-0.4, -0.2) is 11.0 Å². The maximum atomic E-state index is 2.26. The molecule has 0 saturated heterocycles. The predicted octanol–water partition coefficient (Wildman–Crippen LogP) is 3.76. The van der Waals surface area contributed by atoms with Crippen LogP contribution in [-0.2, 0) is 6.42 Å². The molecule has 0 saturated carbocycles. The Morgan fingerprint density at radius 1 is 1.15 bits per heavy atom. The minimum atomic E-state index is 0.774. The van der Waals surface area contributed by atoms with Gasteiger partial charge in [-0.25, -0.2) is 0 Å². The Balaban J connectivity index is 2.13. The van der Waals surface area contributed by atoms with Crippen molar-refractivity contribution in [2.75, 3.05) is 5.75 Å². The van der Waals surface area contributed by atoms with Crippen molar-refractivity contribution in [1.29, 1.82) is 0 Å². The SMILES string of the molecule is CC(C)SCCCc1ccccc1. The summed E-state index contributed by atoms with van der Waals surface area (Å²) in [6, 6.07) is 10.7. The van der Waals surface area contributed by atoms with Crippen molar-refractivity contribution in [2.24, 2.45) is 0 Å². The van der Waals surface area contributed by atoms with Gasteiger partial charge in [0, 0.05) is 0 Å². The van der Waals surface area contributed by atoms with Crippen LogP contribution in [0.25, 0.3) is 0 Å². The van der Waals surface area contributed by atoms with Crippen LogP contribution in [0, 0.1) is 0 Å². The zero-order valence-electron chi connectivity index (χ0n) is 8.49. The Labute approximate surface area is 85.7 Å². The van der Waals surface area contributed by atoms with Crippen molar-refractivity contribution in [1.82, 2.24) is 0 Å². The second-order valence-corrected chi connectivity index (χ2v) is 5.19. The molecule has 13 heavy (non-hydrogen) atoms. The lowest BCUT2D eigenvalue weighted by Gasteiger charge is -2.04. The third-order valence-electron chi connectivity index (χ3n) is 1.90. The first kappa shape index (κ1) is 10.6. The van der Waals surface area contributed by atoms with Crippen LogP contribution in [0.15, 0.2) is 30.3 Å². The zero-order valence-corrected chi connectivity index (χ0v) is 9.31. The summed E-state index contributed by atoms with van der Waals surface area (Å²) in [5, 5.41) is 0.774. The molecular weight excluding hydrogens is 176 g/mol. The molecule has 0 bridgehead atoms. The lowest BCUT2D eigenvalue weighted by atomic mass is 10.1. The molecule has 72 valence electrons. The first-order valence-electron chi connectivity index (χ1n) is 4.94. The Morgan fingerprint density at radius 3 is 2.46 bits per heavy atom. The van der Waals surface area contributed by atoms with E-state index in [0.29, 0.717) is 0 Å². The minimum Gasteiger partial charge on any atom is -0.159 e. The van der Waals surface area contributed by atoms with Gasteiger partial charge >= 0.3 is 0 Å². The number of hydrogen-bond donors (Lipinski definition) is 0. The number of rotatable bonds is 5. The molecule has 0 amide bonds. The van der Waals surface area contributed by atoms with E-state index in [4.69, 9.17) is 0 Å². The fraction of sp³-hybridized carbons (Fsp3) is 0.500. The molecule has 0 N–H and O–H groups in total. The fourth-order valence-corrected chi connectivity index (χ4v) is 2.02. The van der Waals surface area contributed by atoms with Gasteiger partial charge in [0.25, 0.3) is 0 Å². The normalized spacial score (nSPS) is 10.7. The maximum Gasteiger partial charge on any atom is -0.000968 e. The average Bonchev–Trinajstić information content (AvgIpc) is 2.14. The summed E-state index contributed by atoms with van der Waals surface area (Å²) in [7, 11) is 0. The lowest BCUT2D eigenvalue weighted by molar-refractivity contribution is 0.928. The molecule has 1 aromatic rings. The predicted molar refractivity (Wildman–Crippen MR) is 62.4 cm³/mol. The van der Waals surface area contributed by atoms with E-state index in [-0.39, 0.29) is 0 Å². The lowest BCUT2D eigenvalue weighted by Crippen LogP contribution is -1.92. The van der Waals surface area contributed by atoms with Crippen LogP contribution in [0.2, 0.25) is 0 Å². The molecular formula is C12H18S. The van der Waals surface area contributed by atoms with E-state index in [2.05, 4.69) is 55.9 Å². The van der Waals surface area contributed by atoms with Crippen LogP contribution in [0.4, 0.5) is 0 Å². The van der Waals surface area contributed by atoms with Gasteiger partial charge in [0.15, 0.2) is 0 Å². The molecule has 0 unspecified atom stereocenters. The Morgan fingerprint density at radius 2 is 1.85 bits per heavy atom. The highest BCUT2D eigenvalue weighted by atomic mass is 32.2. The topological polar surface area (TPSA) is 0 Å². The Bertz CT molecular complexity index is 216. The highest BCUT2D eigenvalue weighted by Gasteiger charge is 1.95. The van der Waals surface area contributed by atoms with Crippen LogP contribution >= 0.6 is 11.8 Å². The highest BCUT2D eigenvalue weighted by molar-refractivity contribution is 7.99. The summed E-state index contributed by atoms with van der Waals surface area (Å²) < 4.78 is 0. The summed E-state index contributed by atoms with van der Waals surface area (Å²) in [5.74, 6) is 1.28. The third kappa shape index (κ3) is 4.99. The number of aryl methyl sites for hydroxylation is 1. The molecule has 0 fully saturated rings. The second kappa shape index (κ2) is 6.09. The highest BCUT2D eigenvalue weighted by Crippen LogP contribution is 2.12. The van der Waals surface area contributed by atoms with Gasteiger partial charge < -0.3 is 0 Å². The molecule has 0 heterocycles. The summed E-state index contributed by atoms with van der Waals surface area (Å²) in [5.41, 5.74) is 1.46. The molecule has 0 spiro atoms. The van der Waals surface area contributed by atoms with E-state index in [9.17, 15) is 0 Å². The van der Waals surface area contributed by atoms with Gasteiger partial charge in [0.2, 0.25) is 0 Å². The first-order valence-corrected chi connectivity index (χ1v) is 5.99. The van der Waals surface area contributed by atoms with E-state index in [0.717, 1.165) is 5.25 Å². The van der Waals surface area contributed by atoms with E-state index in [1.807, 2.05) is 0 Å². The van der Waals surface area contributed by atoms with Crippen molar-refractivity contribution in [3.8, 4) is 0 Å². The maximum absolute atomic E-state index is 2.26. The van der Waals surface area contributed by atoms with Crippen molar-refractivity contribution in [3.05, 3.63) is 35.9 Å². The molecule has 0 aromatic heterocycles. The monoisotopic (exact) mass is 194 g/mol. The van der Waals surface area contributed by atoms with Gasteiger partial charge in [0.05, 0.1) is 0 Å². The van der Waals surface area contributed by atoms with Gasteiger partial charge in [-0.2, -0.15) is 11.8 Å². The largest absolute Gasteiger partial charge is 0.159 e. The number of hydrogen-bond acceptors (Lipinski definition) is 1. The van der Waals surface area contributed by atoms with E-state index in [1.165, 1.54) is 24.2 Å². The smallest absolute Gasteiger partial charge is 0.000968 e. The van der Waals surface area contributed by atoms with Crippen molar-refractivity contribution < 1.29 is 0 Å². The molecule has 0 radical (unpaired) electrons. The fourth-order valence-electron chi connectivity index (χ4n) is 1.24. The van der Waals surface area contributed by atoms with Gasteiger partial charge in [-0.15, -0.1) is 0 Å². The van der Waals surface area contributed by atoms with Gasteiger partial charge in [-0.3, -0.25) is 0 Å². The minimum absolute atomic E-state index is 0.774. The van der Waals surface area contributed by atoms with E-state index in [1.54, 1.807) is 0 Å². The van der Waals surface area contributed by atoms with Crippen LogP contribution in [0.3, 0.4) is 0 Å². The van der Waals surface area contributed by atoms with Crippen LogP contribution in [0.1, 0.15) is 25.8 Å². The van der Waals surface area contributed by atoms with Crippen molar-refractivity contribution >= 4 is 11.8 Å². The molecule has 0 aliphatic carbocycles. The van der Waals surface area contributed by atoms with Gasteiger partial charge in [0.1, 0.15) is 0 Å². The first-order chi connectivity index (χ1) is 6.29. The molecule has 1 rings (SSSR count). The zero-order chi connectivity index (χ0) is 9.52. The van der Waals surface area contributed by atoms with Crippen LogP contribution < -0.4 is 0 Å².